The molecule has 3 rings (SSSR count). The van der Waals surface area contributed by atoms with Crippen molar-refractivity contribution in [3.8, 4) is 12.3 Å². The van der Waals surface area contributed by atoms with Gasteiger partial charge in [-0.25, -0.2) is 0 Å². The molecule has 1 aromatic carbocycles. The van der Waals surface area contributed by atoms with Crippen LogP contribution in [0.1, 0.15) is 24.8 Å². The molecule has 1 aliphatic heterocycles. The van der Waals surface area contributed by atoms with Gasteiger partial charge < -0.3 is 20.1 Å². The van der Waals surface area contributed by atoms with Gasteiger partial charge in [-0.3, -0.25) is 0 Å². The second kappa shape index (κ2) is 10.4. The number of terminal acetylenes is 1. The topological polar surface area (TPSA) is 47.7 Å². The fraction of sp³-hybridized carbons (Fsp3) is 0.391. The van der Waals surface area contributed by atoms with Crippen LogP contribution in [0.3, 0.4) is 0 Å². The van der Waals surface area contributed by atoms with Crippen molar-refractivity contribution in [3.05, 3.63) is 64.0 Å². The Morgan fingerprint density at radius 3 is 2.93 bits per heavy atom. The van der Waals surface area contributed by atoms with Crippen molar-refractivity contribution in [2.75, 3.05) is 37.8 Å². The third-order valence-electron chi connectivity index (χ3n) is 4.85. The molecule has 148 valence electrons. The lowest BCUT2D eigenvalue weighted by Gasteiger charge is -2.31. The average Bonchev–Trinajstić information content (AvgIpc) is 2.85. The Morgan fingerprint density at radius 1 is 1.21 bits per heavy atom. The molecule has 0 bridgehead atoms. The maximum atomic E-state index is 6.31. The van der Waals surface area contributed by atoms with Crippen molar-refractivity contribution in [3.63, 3.8) is 0 Å². The summed E-state index contributed by atoms with van der Waals surface area (Å²) in [6, 6.07) is 6.15. The van der Waals surface area contributed by atoms with Crippen molar-refractivity contribution < 1.29 is 9.47 Å². The molecule has 0 aromatic heterocycles. The van der Waals surface area contributed by atoms with Gasteiger partial charge in [0.05, 0.1) is 6.61 Å². The van der Waals surface area contributed by atoms with Gasteiger partial charge in [0.1, 0.15) is 19.0 Å². The number of anilines is 1. The Bertz CT molecular complexity index is 820. The molecule has 0 saturated heterocycles. The normalized spacial score (nSPS) is 15.5. The van der Waals surface area contributed by atoms with Crippen LogP contribution >= 0.6 is 11.6 Å². The molecule has 28 heavy (non-hydrogen) atoms. The first-order chi connectivity index (χ1) is 13.7. The van der Waals surface area contributed by atoms with Gasteiger partial charge in [-0.2, -0.15) is 0 Å². The van der Waals surface area contributed by atoms with Crippen molar-refractivity contribution in [2.45, 2.75) is 25.7 Å². The van der Waals surface area contributed by atoms with E-state index < -0.39 is 0 Å². The Hall–Kier alpha value is -2.19. The Balaban J connectivity index is 1.79. The monoisotopic (exact) mass is 398 g/mol. The van der Waals surface area contributed by atoms with Crippen molar-refractivity contribution >= 4 is 17.3 Å². The van der Waals surface area contributed by atoms with Gasteiger partial charge in [-0.15, -0.1) is 6.42 Å². The molecule has 0 fully saturated rings. The SMILES string of the molecule is C#CCOCCOC1=CC=C2C(=CCc3ccc(Cl)cc3N2CCCCN)C1. The molecular formula is C23H27ClN2O2. The molecule has 0 amide bonds. The van der Waals surface area contributed by atoms with E-state index in [-0.39, 0.29) is 0 Å². The fourth-order valence-electron chi connectivity index (χ4n) is 3.50. The maximum Gasteiger partial charge on any atom is 0.111 e. The highest BCUT2D eigenvalue weighted by Crippen LogP contribution is 2.38. The summed E-state index contributed by atoms with van der Waals surface area (Å²) in [7, 11) is 0. The van der Waals surface area contributed by atoms with E-state index in [0.29, 0.717) is 26.4 Å². The summed E-state index contributed by atoms with van der Waals surface area (Å²) in [6.07, 6.45) is 15.4. The molecule has 1 heterocycles. The molecular weight excluding hydrogens is 372 g/mol. The Kier molecular flexibility index (Phi) is 7.62. The van der Waals surface area contributed by atoms with Gasteiger partial charge in [0.25, 0.3) is 0 Å². The van der Waals surface area contributed by atoms with E-state index in [1.807, 2.05) is 6.07 Å². The zero-order valence-corrected chi connectivity index (χ0v) is 16.9. The predicted octanol–water partition coefficient (Wildman–Crippen LogP) is 4.21. The van der Waals surface area contributed by atoms with Crippen molar-refractivity contribution in [2.24, 2.45) is 5.73 Å². The van der Waals surface area contributed by atoms with Gasteiger partial charge in [-0.1, -0.05) is 29.7 Å². The summed E-state index contributed by atoms with van der Waals surface area (Å²) in [4.78, 5) is 2.37. The minimum Gasteiger partial charge on any atom is -0.495 e. The number of fused-ring (bicyclic) bond motifs is 2. The quantitative estimate of drug-likeness (QED) is 0.500. The number of benzene rings is 1. The van der Waals surface area contributed by atoms with Crippen LogP contribution in [0.25, 0.3) is 0 Å². The van der Waals surface area contributed by atoms with Crippen LogP contribution < -0.4 is 10.6 Å². The molecule has 0 unspecified atom stereocenters. The first kappa shape index (κ1) is 20.5. The molecule has 0 radical (unpaired) electrons. The zero-order chi connectivity index (χ0) is 19.8. The molecule has 0 saturated carbocycles. The predicted molar refractivity (Wildman–Crippen MR) is 115 cm³/mol. The molecule has 0 spiro atoms. The highest BCUT2D eigenvalue weighted by molar-refractivity contribution is 6.30. The fourth-order valence-corrected chi connectivity index (χ4v) is 3.66. The first-order valence-corrected chi connectivity index (χ1v) is 10.1. The highest BCUT2D eigenvalue weighted by atomic mass is 35.5. The summed E-state index contributed by atoms with van der Waals surface area (Å²) in [5.41, 5.74) is 10.7. The van der Waals surface area contributed by atoms with E-state index in [1.165, 1.54) is 22.5 Å². The molecule has 1 aliphatic carbocycles. The van der Waals surface area contributed by atoms with E-state index in [1.54, 1.807) is 0 Å². The number of halogens is 1. The van der Waals surface area contributed by atoms with Crippen molar-refractivity contribution in [1.82, 2.24) is 0 Å². The Morgan fingerprint density at radius 2 is 2.11 bits per heavy atom. The molecule has 1 aromatic rings. The number of ether oxygens (including phenoxy) is 2. The molecule has 2 aliphatic rings. The molecule has 4 nitrogen and oxygen atoms in total. The number of hydrogen-bond acceptors (Lipinski definition) is 4. The largest absolute Gasteiger partial charge is 0.495 e. The van der Waals surface area contributed by atoms with Gasteiger partial charge >= 0.3 is 0 Å². The lowest BCUT2D eigenvalue weighted by molar-refractivity contribution is 0.0919. The summed E-state index contributed by atoms with van der Waals surface area (Å²) < 4.78 is 11.2. The van der Waals surface area contributed by atoms with Crippen molar-refractivity contribution in [1.29, 1.82) is 0 Å². The standard InChI is InChI=1S/C23H27ClN2O2/c1-2-13-27-14-15-28-21-9-10-22-19(16-21)6-5-18-7-8-20(24)17-23(18)26(22)12-4-3-11-25/h1,6-10,17H,3-5,11-16,25H2. The van der Waals surface area contributed by atoms with E-state index in [9.17, 15) is 0 Å². The molecule has 2 N–H and O–H groups in total. The summed E-state index contributed by atoms with van der Waals surface area (Å²) in [5.74, 6) is 3.40. The molecule has 0 atom stereocenters. The van der Waals surface area contributed by atoms with E-state index >= 15 is 0 Å². The Labute approximate surface area is 172 Å². The minimum absolute atomic E-state index is 0.316. The lowest BCUT2D eigenvalue weighted by Crippen LogP contribution is -2.26. The highest BCUT2D eigenvalue weighted by Gasteiger charge is 2.24. The number of rotatable bonds is 9. The van der Waals surface area contributed by atoms with E-state index in [2.05, 4.69) is 41.2 Å². The van der Waals surface area contributed by atoms with Gasteiger partial charge in [-0.05, 0) is 61.2 Å². The van der Waals surface area contributed by atoms with E-state index in [4.69, 9.17) is 33.2 Å². The number of nitrogens with two attached hydrogens (primary N) is 1. The lowest BCUT2D eigenvalue weighted by atomic mass is 10.0. The number of nitrogens with zero attached hydrogens (tertiary/aromatic N) is 1. The van der Waals surface area contributed by atoms with Crippen LogP contribution in [0.2, 0.25) is 5.02 Å². The summed E-state index contributed by atoms with van der Waals surface area (Å²) in [5, 5.41) is 0.758. The molecule has 5 heteroatoms. The van der Waals surface area contributed by atoms with Gasteiger partial charge in [0.15, 0.2) is 0 Å². The smallest absolute Gasteiger partial charge is 0.111 e. The minimum atomic E-state index is 0.316. The van der Waals surface area contributed by atoms with Gasteiger partial charge in [0.2, 0.25) is 0 Å². The number of unbranched alkanes of at least 4 members (excludes halogenated alkanes) is 1. The van der Waals surface area contributed by atoms with Crippen LogP contribution in [0.4, 0.5) is 5.69 Å². The third-order valence-corrected chi connectivity index (χ3v) is 5.09. The van der Waals surface area contributed by atoms with Crippen LogP contribution in [0.5, 0.6) is 0 Å². The average molecular weight is 399 g/mol. The maximum absolute atomic E-state index is 6.31. The number of allylic oxidation sites excluding steroid dienone is 5. The first-order valence-electron chi connectivity index (χ1n) is 9.73. The van der Waals surface area contributed by atoms with Crippen LogP contribution in [-0.4, -0.2) is 32.9 Å². The number of hydrogen-bond donors (Lipinski definition) is 1. The van der Waals surface area contributed by atoms with Gasteiger partial charge in [0, 0.05) is 29.4 Å². The van der Waals surface area contributed by atoms with Crippen LogP contribution in [0.15, 0.2) is 53.5 Å². The third kappa shape index (κ3) is 5.20. The summed E-state index contributed by atoms with van der Waals surface area (Å²) in [6.45, 7) is 2.93. The van der Waals surface area contributed by atoms with Crippen LogP contribution in [0, 0.1) is 12.3 Å². The summed E-state index contributed by atoms with van der Waals surface area (Å²) >= 11 is 6.31. The second-order valence-corrected chi connectivity index (χ2v) is 7.26. The van der Waals surface area contributed by atoms with Crippen LogP contribution in [-0.2, 0) is 15.9 Å². The van der Waals surface area contributed by atoms with E-state index in [0.717, 1.165) is 43.0 Å². The zero-order valence-electron chi connectivity index (χ0n) is 16.1. The second-order valence-electron chi connectivity index (χ2n) is 6.82.